The topological polar surface area (TPSA) is 73.0 Å². The molecule has 0 aliphatic heterocycles. The number of hydrogen-bond acceptors (Lipinski definition) is 5. The predicted octanol–water partition coefficient (Wildman–Crippen LogP) is 5.31. The van der Waals surface area contributed by atoms with Crippen molar-refractivity contribution in [2.45, 2.75) is 30.8 Å². The predicted molar refractivity (Wildman–Crippen MR) is 121 cm³/mol. The second-order valence-electron chi connectivity index (χ2n) is 6.87. The second-order valence-corrected chi connectivity index (χ2v) is 8.18. The van der Waals surface area contributed by atoms with Crippen molar-refractivity contribution in [3.63, 3.8) is 0 Å². The number of thioether (sulfide) groups is 1. The number of aryl methyl sites for hydroxylation is 1. The summed E-state index contributed by atoms with van der Waals surface area (Å²) in [6, 6.07) is 15.7. The van der Waals surface area contributed by atoms with Crippen LogP contribution in [0.25, 0.3) is 22.2 Å². The normalized spacial score (nSPS) is 12.1. The Balaban J connectivity index is 1.55. The van der Waals surface area contributed by atoms with Gasteiger partial charge >= 0.3 is 0 Å². The summed E-state index contributed by atoms with van der Waals surface area (Å²) in [5.74, 6) is 1.38. The van der Waals surface area contributed by atoms with Crippen molar-refractivity contribution in [2.75, 3.05) is 5.32 Å². The molecule has 30 heavy (non-hydrogen) atoms. The Labute approximate surface area is 179 Å². The molecule has 1 N–H and O–H groups in total. The summed E-state index contributed by atoms with van der Waals surface area (Å²) in [6.07, 6.45) is 3.41. The van der Waals surface area contributed by atoms with Crippen molar-refractivity contribution in [3.8, 4) is 11.4 Å². The van der Waals surface area contributed by atoms with Gasteiger partial charge in [0.15, 0.2) is 11.0 Å². The van der Waals surface area contributed by atoms with Gasteiger partial charge in [-0.1, -0.05) is 54.2 Å². The SMILES string of the molecule is C=CCn1c(SC(C)C(=O)Nc2cccc3ccccc23)nnc1-c1ccoc1C. The van der Waals surface area contributed by atoms with E-state index in [4.69, 9.17) is 4.42 Å². The Morgan fingerprint density at radius 3 is 2.80 bits per heavy atom. The highest BCUT2D eigenvalue weighted by atomic mass is 32.2. The molecule has 0 saturated heterocycles. The maximum absolute atomic E-state index is 12.9. The van der Waals surface area contributed by atoms with Crippen molar-refractivity contribution < 1.29 is 9.21 Å². The van der Waals surface area contributed by atoms with Crippen molar-refractivity contribution in [3.05, 3.63) is 73.2 Å². The zero-order valence-corrected chi connectivity index (χ0v) is 17.6. The minimum absolute atomic E-state index is 0.0921. The Kier molecular flexibility index (Phi) is 5.72. The Bertz CT molecular complexity index is 1210. The molecular formula is C23H22N4O2S. The molecule has 4 rings (SSSR count). The molecular weight excluding hydrogens is 396 g/mol. The van der Waals surface area contributed by atoms with Gasteiger partial charge in [-0.2, -0.15) is 0 Å². The number of furan rings is 1. The highest BCUT2D eigenvalue weighted by Gasteiger charge is 2.22. The lowest BCUT2D eigenvalue weighted by molar-refractivity contribution is -0.115. The average Bonchev–Trinajstić information content (AvgIpc) is 3.34. The summed E-state index contributed by atoms with van der Waals surface area (Å²) in [7, 11) is 0. The van der Waals surface area contributed by atoms with Crippen LogP contribution in [0.1, 0.15) is 12.7 Å². The molecule has 6 nitrogen and oxygen atoms in total. The van der Waals surface area contributed by atoms with Crippen molar-refractivity contribution in [1.29, 1.82) is 0 Å². The summed E-state index contributed by atoms with van der Waals surface area (Å²) in [6.45, 7) is 8.11. The zero-order valence-electron chi connectivity index (χ0n) is 16.8. The molecule has 1 unspecified atom stereocenters. The number of nitrogens with zero attached hydrogens (tertiary/aromatic N) is 3. The van der Waals surface area contributed by atoms with E-state index in [-0.39, 0.29) is 11.2 Å². The average molecular weight is 419 g/mol. The zero-order chi connectivity index (χ0) is 21.1. The van der Waals surface area contributed by atoms with Gasteiger partial charge in [0, 0.05) is 17.6 Å². The maximum atomic E-state index is 12.9. The number of carbonyl (C=O) groups excluding carboxylic acids is 1. The molecule has 0 saturated carbocycles. The number of hydrogen-bond donors (Lipinski definition) is 1. The first-order valence-corrected chi connectivity index (χ1v) is 10.5. The van der Waals surface area contributed by atoms with E-state index in [1.807, 2.05) is 66.9 Å². The van der Waals surface area contributed by atoms with Crippen LogP contribution in [0.15, 0.2) is 77.0 Å². The number of amides is 1. The molecule has 1 amide bonds. The largest absolute Gasteiger partial charge is 0.469 e. The fraction of sp³-hybridized carbons (Fsp3) is 0.174. The van der Waals surface area contributed by atoms with Gasteiger partial charge in [-0.3, -0.25) is 9.36 Å². The standard InChI is InChI=1S/C23H22N4O2S/c1-4-13-27-21(18-12-14-29-15(18)2)25-26-23(27)30-16(3)22(28)24-20-11-7-9-17-8-5-6-10-19(17)20/h4-12,14,16H,1,13H2,2-3H3,(H,24,28). The van der Waals surface area contributed by atoms with Crippen LogP contribution in [0.2, 0.25) is 0 Å². The molecule has 1 atom stereocenters. The summed E-state index contributed by atoms with van der Waals surface area (Å²) < 4.78 is 7.35. The van der Waals surface area contributed by atoms with Crippen LogP contribution in [0.3, 0.4) is 0 Å². The number of aromatic nitrogens is 3. The molecule has 0 spiro atoms. The molecule has 0 radical (unpaired) electrons. The van der Waals surface area contributed by atoms with Gasteiger partial charge in [0.1, 0.15) is 5.76 Å². The van der Waals surface area contributed by atoms with Gasteiger partial charge in [-0.15, -0.1) is 16.8 Å². The number of benzene rings is 2. The van der Waals surface area contributed by atoms with Crippen LogP contribution < -0.4 is 5.32 Å². The van der Waals surface area contributed by atoms with Crippen molar-refractivity contribution in [1.82, 2.24) is 14.8 Å². The Morgan fingerprint density at radius 2 is 2.03 bits per heavy atom. The molecule has 7 heteroatoms. The number of carbonyl (C=O) groups is 1. The van der Waals surface area contributed by atoms with Crippen LogP contribution in [-0.2, 0) is 11.3 Å². The molecule has 2 aromatic carbocycles. The summed E-state index contributed by atoms with van der Waals surface area (Å²) >= 11 is 1.37. The summed E-state index contributed by atoms with van der Waals surface area (Å²) in [5.41, 5.74) is 1.68. The monoisotopic (exact) mass is 418 g/mol. The number of rotatable bonds is 7. The van der Waals surface area contributed by atoms with E-state index in [9.17, 15) is 4.79 Å². The third-order valence-electron chi connectivity index (χ3n) is 4.83. The van der Waals surface area contributed by atoms with Gasteiger partial charge in [0.2, 0.25) is 5.91 Å². The van der Waals surface area contributed by atoms with E-state index in [1.165, 1.54) is 11.8 Å². The molecule has 4 aromatic rings. The lowest BCUT2D eigenvalue weighted by atomic mass is 10.1. The Morgan fingerprint density at radius 1 is 1.23 bits per heavy atom. The lowest BCUT2D eigenvalue weighted by Gasteiger charge is -2.14. The fourth-order valence-corrected chi connectivity index (χ4v) is 4.12. The van der Waals surface area contributed by atoms with E-state index in [0.29, 0.717) is 17.5 Å². The van der Waals surface area contributed by atoms with Crippen LogP contribution in [0.4, 0.5) is 5.69 Å². The van der Waals surface area contributed by atoms with E-state index in [1.54, 1.807) is 12.3 Å². The number of allylic oxidation sites excluding steroid dienone is 1. The van der Waals surface area contributed by atoms with Crippen molar-refractivity contribution in [2.24, 2.45) is 0 Å². The van der Waals surface area contributed by atoms with Gasteiger partial charge in [-0.25, -0.2) is 0 Å². The van der Waals surface area contributed by atoms with Gasteiger partial charge in [0.05, 0.1) is 17.1 Å². The molecule has 2 heterocycles. The maximum Gasteiger partial charge on any atom is 0.237 e. The van der Waals surface area contributed by atoms with E-state index < -0.39 is 0 Å². The summed E-state index contributed by atoms with van der Waals surface area (Å²) in [5, 5.41) is 14.1. The molecule has 2 aromatic heterocycles. The molecule has 0 aliphatic rings. The van der Waals surface area contributed by atoms with Crippen LogP contribution >= 0.6 is 11.8 Å². The number of anilines is 1. The molecule has 0 fully saturated rings. The summed E-state index contributed by atoms with van der Waals surface area (Å²) in [4.78, 5) is 12.9. The van der Waals surface area contributed by atoms with E-state index >= 15 is 0 Å². The van der Waals surface area contributed by atoms with Crippen molar-refractivity contribution >= 4 is 34.1 Å². The van der Waals surface area contributed by atoms with Crippen LogP contribution in [-0.4, -0.2) is 25.9 Å². The minimum Gasteiger partial charge on any atom is -0.469 e. The molecule has 0 aliphatic carbocycles. The van der Waals surface area contributed by atoms with Gasteiger partial charge < -0.3 is 9.73 Å². The van der Waals surface area contributed by atoms with Crippen LogP contribution in [0, 0.1) is 6.92 Å². The first-order chi connectivity index (χ1) is 14.6. The quantitative estimate of drug-likeness (QED) is 0.325. The second kappa shape index (κ2) is 8.59. The first kappa shape index (κ1) is 20.0. The first-order valence-electron chi connectivity index (χ1n) is 9.62. The smallest absolute Gasteiger partial charge is 0.237 e. The third-order valence-corrected chi connectivity index (χ3v) is 5.91. The molecule has 152 valence electrons. The highest BCUT2D eigenvalue weighted by Crippen LogP contribution is 2.30. The lowest BCUT2D eigenvalue weighted by Crippen LogP contribution is -2.23. The third kappa shape index (κ3) is 3.89. The highest BCUT2D eigenvalue weighted by molar-refractivity contribution is 8.00. The fourth-order valence-electron chi connectivity index (χ4n) is 3.27. The molecule has 0 bridgehead atoms. The Hall–Kier alpha value is -3.32. The van der Waals surface area contributed by atoms with E-state index in [2.05, 4.69) is 22.1 Å². The van der Waals surface area contributed by atoms with E-state index in [0.717, 1.165) is 27.8 Å². The van der Waals surface area contributed by atoms with Gasteiger partial charge in [0.25, 0.3) is 0 Å². The number of fused-ring (bicyclic) bond motifs is 1. The number of nitrogens with one attached hydrogen (secondary N) is 1. The van der Waals surface area contributed by atoms with Gasteiger partial charge in [-0.05, 0) is 31.4 Å². The minimum atomic E-state index is -0.366. The van der Waals surface area contributed by atoms with Crippen LogP contribution in [0.5, 0.6) is 0 Å².